The van der Waals surface area contributed by atoms with E-state index in [-0.39, 0.29) is 18.2 Å². The molecule has 0 radical (unpaired) electrons. The van der Waals surface area contributed by atoms with Gasteiger partial charge in [-0.3, -0.25) is 4.79 Å². The van der Waals surface area contributed by atoms with E-state index in [1.165, 1.54) is 22.8 Å². The Morgan fingerprint density at radius 1 is 0.976 bits per heavy atom. The molecule has 7 heteroatoms. The highest BCUT2D eigenvalue weighted by molar-refractivity contribution is 7.09. The van der Waals surface area contributed by atoms with Gasteiger partial charge in [-0.25, -0.2) is 9.37 Å². The summed E-state index contributed by atoms with van der Waals surface area (Å²) < 4.78 is 26.0. The van der Waals surface area contributed by atoms with Crippen LogP contribution in [0.25, 0.3) is 11.1 Å². The third-order valence-corrected chi connectivity index (χ3v) is 7.38. The largest absolute Gasteiger partial charge is 0.460 e. The zero-order chi connectivity index (χ0) is 29.6. The van der Waals surface area contributed by atoms with Crippen LogP contribution in [0.4, 0.5) is 10.1 Å². The first-order valence-electron chi connectivity index (χ1n) is 13.9. The molecule has 1 aromatic heterocycles. The van der Waals surface area contributed by atoms with Crippen molar-refractivity contribution in [3.05, 3.63) is 104 Å². The lowest BCUT2D eigenvalue weighted by Crippen LogP contribution is -2.24. The van der Waals surface area contributed by atoms with Crippen LogP contribution in [0.1, 0.15) is 65.7 Å². The number of halogens is 1. The van der Waals surface area contributed by atoms with Gasteiger partial charge in [-0.2, -0.15) is 0 Å². The van der Waals surface area contributed by atoms with Crippen molar-refractivity contribution in [2.75, 3.05) is 5.32 Å². The lowest BCUT2D eigenvalue weighted by atomic mass is 9.93. The summed E-state index contributed by atoms with van der Waals surface area (Å²) in [5, 5.41) is 6.42. The summed E-state index contributed by atoms with van der Waals surface area (Å²) in [6.45, 7) is 13.3. The van der Waals surface area contributed by atoms with Crippen molar-refractivity contribution in [1.82, 2.24) is 4.98 Å². The van der Waals surface area contributed by atoms with Crippen LogP contribution in [0.3, 0.4) is 0 Å². The summed E-state index contributed by atoms with van der Waals surface area (Å²) in [4.78, 5) is 16.4. The number of esters is 1. The van der Waals surface area contributed by atoms with Gasteiger partial charge in [0.25, 0.3) is 0 Å². The lowest BCUT2D eigenvalue weighted by molar-refractivity contribution is -0.154. The van der Waals surface area contributed by atoms with Crippen LogP contribution < -0.4 is 5.32 Å². The molecule has 216 valence electrons. The van der Waals surface area contributed by atoms with E-state index in [9.17, 15) is 9.18 Å². The molecule has 4 aromatic rings. The second-order valence-corrected chi connectivity index (χ2v) is 12.5. The highest BCUT2D eigenvalue weighted by Gasteiger charge is 2.17. The van der Waals surface area contributed by atoms with E-state index in [2.05, 4.69) is 60.5 Å². The van der Waals surface area contributed by atoms with Gasteiger partial charge in [0, 0.05) is 24.0 Å². The van der Waals surface area contributed by atoms with Gasteiger partial charge in [-0.1, -0.05) is 36.4 Å². The molecule has 0 fully saturated rings. The standard InChI is InChI=1S/C34H39FN2O3S/c1-22-14-26(19-39-20-30-21-41-24(3)37-30)15-23(2)33(22)28-9-7-8-25(16-28)18-36-29-12-10-27(31(35)17-29)11-13-32(38)40-34(4,5)6/h7-10,12,14-17,21,36H,11,13,18-20H2,1-6H3. The number of nitrogens with zero attached hydrogens (tertiary/aromatic N) is 1. The summed E-state index contributed by atoms with van der Waals surface area (Å²) in [5.41, 5.74) is 8.62. The number of hydrogen-bond acceptors (Lipinski definition) is 6. The van der Waals surface area contributed by atoms with Crippen molar-refractivity contribution in [2.45, 2.75) is 79.7 Å². The number of thiazole rings is 1. The molecule has 4 rings (SSSR count). The van der Waals surface area contributed by atoms with Crippen molar-refractivity contribution in [3.8, 4) is 11.1 Å². The van der Waals surface area contributed by atoms with Crippen molar-refractivity contribution in [1.29, 1.82) is 0 Å². The average Bonchev–Trinajstić information content (AvgIpc) is 3.30. The fourth-order valence-corrected chi connectivity index (χ4v) is 5.47. The van der Waals surface area contributed by atoms with Crippen LogP contribution in [-0.2, 0) is 40.4 Å². The fraction of sp³-hybridized carbons (Fsp3) is 0.353. The number of hydrogen-bond donors (Lipinski definition) is 1. The Labute approximate surface area is 246 Å². The zero-order valence-electron chi connectivity index (χ0n) is 24.8. The van der Waals surface area contributed by atoms with E-state index in [4.69, 9.17) is 9.47 Å². The Balaban J connectivity index is 1.36. The molecule has 0 aliphatic carbocycles. The third-order valence-electron chi connectivity index (χ3n) is 6.56. The molecular formula is C34H39FN2O3S. The fourth-order valence-electron chi connectivity index (χ4n) is 4.87. The van der Waals surface area contributed by atoms with E-state index in [0.717, 1.165) is 27.4 Å². The number of nitrogens with one attached hydrogen (secondary N) is 1. The Bertz CT molecular complexity index is 1480. The number of benzene rings is 3. The van der Waals surface area contributed by atoms with E-state index < -0.39 is 5.60 Å². The van der Waals surface area contributed by atoms with Crippen LogP contribution in [-0.4, -0.2) is 16.6 Å². The molecule has 0 unspecified atom stereocenters. The molecular weight excluding hydrogens is 535 g/mol. The van der Waals surface area contributed by atoms with Gasteiger partial charge in [0.1, 0.15) is 11.4 Å². The van der Waals surface area contributed by atoms with Crippen LogP contribution in [0, 0.1) is 26.6 Å². The number of aryl methyl sites for hydroxylation is 4. The van der Waals surface area contributed by atoms with E-state index in [1.807, 2.05) is 39.1 Å². The van der Waals surface area contributed by atoms with Crippen molar-refractivity contribution in [2.24, 2.45) is 0 Å². The molecule has 1 heterocycles. The monoisotopic (exact) mass is 574 g/mol. The van der Waals surface area contributed by atoms with Crippen LogP contribution >= 0.6 is 11.3 Å². The minimum absolute atomic E-state index is 0.146. The number of carbonyl (C=O) groups is 1. The lowest BCUT2D eigenvalue weighted by Gasteiger charge is -2.19. The topological polar surface area (TPSA) is 60.5 Å². The average molecular weight is 575 g/mol. The second-order valence-electron chi connectivity index (χ2n) is 11.4. The maximum Gasteiger partial charge on any atom is 0.306 e. The Hall–Kier alpha value is -3.55. The quantitative estimate of drug-likeness (QED) is 0.182. The maximum absolute atomic E-state index is 14.7. The SMILES string of the molecule is Cc1nc(COCc2cc(C)c(-c3cccc(CNc4ccc(CCC(=O)OC(C)(C)C)c(F)c4)c3)c(C)c2)cs1. The minimum Gasteiger partial charge on any atom is -0.460 e. The van der Waals surface area contributed by atoms with Gasteiger partial charge >= 0.3 is 5.97 Å². The first kappa shape index (κ1) is 30.4. The van der Waals surface area contributed by atoms with Gasteiger partial charge in [0.05, 0.1) is 23.9 Å². The number of carbonyl (C=O) groups excluding carboxylic acids is 1. The molecule has 5 nitrogen and oxygen atoms in total. The molecule has 3 aromatic carbocycles. The van der Waals surface area contributed by atoms with Crippen molar-refractivity contribution < 1.29 is 18.7 Å². The molecule has 0 aliphatic rings. The molecule has 41 heavy (non-hydrogen) atoms. The number of rotatable bonds is 11. The van der Waals surface area contributed by atoms with Crippen LogP contribution in [0.15, 0.2) is 60.0 Å². The predicted octanol–water partition coefficient (Wildman–Crippen LogP) is 8.48. The molecule has 0 bridgehead atoms. The molecule has 1 N–H and O–H groups in total. The third kappa shape index (κ3) is 8.97. The van der Waals surface area contributed by atoms with E-state index >= 15 is 0 Å². The summed E-state index contributed by atoms with van der Waals surface area (Å²) in [6.07, 6.45) is 0.449. The maximum atomic E-state index is 14.7. The van der Waals surface area contributed by atoms with E-state index in [1.54, 1.807) is 17.4 Å². The van der Waals surface area contributed by atoms with Gasteiger partial charge in [0.15, 0.2) is 0 Å². The second kappa shape index (κ2) is 13.4. The normalized spacial score (nSPS) is 11.5. The predicted molar refractivity (Wildman–Crippen MR) is 165 cm³/mol. The number of anilines is 1. The molecule has 0 amide bonds. The summed E-state index contributed by atoms with van der Waals surface area (Å²) in [6, 6.07) is 17.9. The molecule has 0 saturated carbocycles. The van der Waals surface area contributed by atoms with Gasteiger partial charge in [-0.15, -0.1) is 11.3 Å². The zero-order valence-corrected chi connectivity index (χ0v) is 25.6. The molecule has 0 aliphatic heterocycles. The number of ether oxygens (including phenoxy) is 2. The highest BCUT2D eigenvalue weighted by Crippen LogP contribution is 2.30. The molecule has 0 spiro atoms. The first-order valence-corrected chi connectivity index (χ1v) is 14.8. The van der Waals surface area contributed by atoms with Crippen LogP contribution in [0.2, 0.25) is 0 Å². The van der Waals surface area contributed by atoms with Crippen molar-refractivity contribution in [3.63, 3.8) is 0 Å². The molecule has 0 atom stereocenters. The smallest absolute Gasteiger partial charge is 0.306 e. The van der Waals surface area contributed by atoms with Gasteiger partial charge < -0.3 is 14.8 Å². The Kier molecular flexibility index (Phi) is 9.94. The molecule has 0 saturated heterocycles. The first-order chi connectivity index (χ1) is 19.5. The van der Waals surface area contributed by atoms with E-state index in [0.29, 0.717) is 37.4 Å². The van der Waals surface area contributed by atoms with Gasteiger partial charge in [0.2, 0.25) is 0 Å². The summed E-state index contributed by atoms with van der Waals surface area (Å²) in [5.74, 6) is -0.654. The van der Waals surface area contributed by atoms with Crippen molar-refractivity contribution >= 4 is 23.0 Å². The summed E-state index contributed by atoms with van der Waals surface area (Å²) in [7, 11) is 0. The Morgan fingerprint density at radius 2 is 1.73 bits per heavy atom. The van der Waals surface area contributed by atoms with Crippen LogP contribution in [0.5, 0.6) is 0 Å². The Morgan fingerprint density at radius 3 is 2.39 bits per heavy atom. The summed E-state index contributed by atoms with van der Waals surface area (Å²) >= 11 is 1.64. The number of aromatic nitrogens is 1. The minimum atomic E-state index is -0.544. The highest BCUT2D eigenvalue weighted by atomic mass is 32.1. The van der Waals surface area contributed by atoms with Gasteiger partial charge in [-0.05, 0) is 105 Å².